The second kappa shape index (κ2) is 9.60. The van der Waals surface area contributed by atoms with Crippen LogP contribution in [0.1, 0.15) is 11.1 Å². The Morgan fingerprint density at radius 3 is 2.53 bits per heavy atom. The molecule has 3 rings (SSSR count). The highest BCUT2D eigenvalue weighted by Crippen LogP contribution is 2.29. The molecule has 0 bridgehead atoms. The van der Waals surface area contributed by atoms with E-state index in [1.54, 1.807) is 42.5 Å². The van der Waals surface area contributed by atoms with Gasteiger partial charge in [-0.15, -0.1) is 0 Å². The van der Waals surface area contributed by atoms with Crippen LogP contribution in [0.15, 0.2) is 76.7 Å². The molecule has 156 valence electrons. The summed E-state index contributed by atoms with van der Waals surface area (Å²) in [5, 5.41) is 4.06. The van der Waals surface area contributed by atoms with Crippen LogP contribution in [0, 0.1) is 5.82 Å². The molecule has 0 aromatic heterocycles. The first-order valence-corrected chi connectivity index (χ1v) is 10.6. The first kappa shape index (κ1) is 21.6. The number of sulfonamides is 1. The third kappa shape index (κ3) is 5.49. The molecule has 0 aliphatic heterocycles. The molecule has 0 aliphatic carbocycles. The van der Waals surface area contributed by atoms with Crippen molar-refractivity contribution in [3.8, 4) is 11.5 Å². The summed E-state index contributed by atoms with van der Waals surface area (Å²) < 4.78 is 48.5. The van der Waals surface area contributed by atoms with Crippen molar-refractivity contribution in [3.05, 3.63) is 88.7 Å². The fourth-order valence-corrected chi connectivity index (χ4v) is 3.53. The van der Waals surface area contributed by atoms with Crippen molar-refractivity contribution in [2.75, 3.05) is 7.11 Å². The highest BCUT2D eigenvalue weighted by molar-refractivity contribution is 7.89. The van der Waals surface area contributed by atoms with Crippen LogP contribution >= 0.6 is 11.6 Å². The van der Waals surface area contributed by atoms with Crippen LogP contribution in [-0.2, 0) is 16.6 Å². The van der Waals surface area contributed by atoms with E-state index in [9.17, 15) is 12.8 Å². The number of rotatable bonds is 8. The summed E-state index contributed by atoms with van der Waals surface area (Å²) in [5.74, 6) is 0.441. The van der Waals surface area contributed by atoms with Crippen LogP contribution < -0.4 is 14.3 Å². The van der Waals surface area contributed by atoms with E-state index >= 15 is 0 Å². The van der Waals surface area contributed by atoms with Crippen LogP contribution in [0.3, 0.4) is 0 Å². The standard InChI is InChI=1S/C21H18ClFN2O4S/c1-28-21-11-15(13-24-25-30(26,27)18-5-3-2-4-6-18)7-10-20(21)29-14-16-8-9-17(23)12-19(16)22/h2-13,25H,14H2,1H3/b24-13+. The predicted octanol–water partition coefficient (Wildman–Crippen LogP) is 4.38. The van der Waals surface area contributed by atoms with Gasteiger partial charge in [0.2, 0.25) is 0 Å². The van der Waals surface area contributed by atoms with Gasteiger partial charge < -0.3 is 9.47 Å². The van der Waals surface area contributed by atoms with Crippen LogP contribution in [0.5, 0.6) is 11.5 Å². The molecule has 0 amide bonds. The van der Waals surface area contributed by atoms with Gasteiger partial charge in [0.05, 0.1) is 23.2 Å². The normalized spacial score (nSPS) is 11.4. The maximum absolute atomic E-state index is 13.1. The molecule has 0 spiro atoms. The number of methoxy groups -OCH3 is 1. The first-order valence-electron chi connectivity index (χ1n) is 8.74. The summed E-state index contributed by atoms with van der Waals surface area (Å²) in [7, 11) is -2.27. The van der Waals surface area contributed by atoms with Crippen molar-refractivity contribution in [1.29, 1.82) is 0 Å². The Morgan fingerprint density at radius 1 is 1.07 bits per heavy atom. The molecule has 0 unspecified atom stereocenters. The van der Waals surface area contributed by atoms with Gasteiger partial charge in [-0.05, 0) is 48.0 Å². The van der Waals surface area contributed by atoms with Crippen molar-refractivity contribution in [1.82, 2.24) is 4.83 Å². The quantitative estimate of drug-likeness (QED) is 0.410. The molecule has 0 radical (unpaired) electrons. The van der Waals surface area contributed by atoms with Crippen molar-refractivity contribution in [2.45, 2.75) is 11.5 Å². The molecule has 0 atom stereocenters. The summed E-state index contributed by atoms with van der Waals surface area (Å²) in [6, 6.07) is 17.0. The van der Waals surface area contributed by atoms with Gasteiger partial charge in [0.1, 0.15) is 12.4 Å². The minimum absolute atomic E-state index is 0.114. The summed E-state index contributed by atoms with van der Waals surface area (Å²) >= 11 is 6.01. The molecule has 0 saturated heterocycles. The number of hydrazone groups is 1. The zero-order valence-electron chi connectivity index (χ0n) is 15.9. The van der Waals surface area contributed by atoms with Crippen molar-refractivity contribution < 1.29 is 22.3 Å². The number of hydrogen-bond acceptors (Lipinski definition) is 5. The second-order valence-corrected chi connectivity index (χ2v) is 8.17. The van der Waals surface area contributed by atoms with E-state index in [1.807, 2.05) is 0 Å². The highest BCUT2D eigenvalue weighted by Gasteiger charge is 2.11. The Hall–Kier alpha value is -3.10. The van der Waals surface area contributed by atoms with Gasteiger partial charge >= 0.3 is 0 Å². The molecule has 0 heterocycles. The van der Waals surface area contributed by atoms with E-state index in [-0.39, 0.29) is 16.5 Å². The van der Waals surface area contributed by atoms with Gasteiger partial charge in [0.25, 0.3) is 10.0 Å². The van der Waals surface area contributed by atoms with Gasteiger partial charge in [0, 0.05) is 5.56 Å². The third-order valence-corrected chi connectivity index (χ3v) is 5.62. The van der Waals surface area contributed by atoms with Crippen LogP contribution in [0.4, 0.5) is 4.39 Å². The third-order valence-electron chi connectivity index (χ3n) is 4.03. The van der Waals surface area contributed by atoms with E-state index in [2.05, 4.69) is 9.93 Å². The molecule has 6 nitrogen and oxygen atoms in total. The minimum atomic E-state index is -3.74. The first-order chi connectivity index (χ1) is 14.4. The molecule has 0 aliphatic rings. The molecule has 0 fully saturated rings. The lowest BCUT2D eigenvalue weighted by molar-refractivity contribution is 0.284. The Kier molecular flexibility index (Phi) is 6.91. The Labute approximate surface area is 179 Å². The lowest BCUT2D eigenvalue weighted by Gasteiger charge is -2.12. The Balaban J connectivity index is 1.68. The van der Waals surface area contributed by atoms with Crippen molar-refractivity contribution >= 4 is 27.8 Å². The lowest BCUT2D eigenvalue weighted by Crippen LogP contribution is -2.18. The fraction of sp³-hybridized carbons (Fsp3) is 0.0952. The largest absolute Gasteiger partial charge is 0.493 e. The number of ether oxygens (including phenoxy) is 2. The van der Waals surface area contributed by atoms with Crippen molar-refractivity contribution in [2.24, 2.45) is 5.10 Å². The average molecular weight is 449 g/mol. The van der Waals surface area contributed by atoms with Gasteiger partial charge in [-0.25, -0.2) is 9.22 Å². The molecule has 30 heavy (non-hydrogen) atoms. The Morgan fingerprint density at radius 2 is 1.83 bits per heavy atom. The molecule has 0 saturated carbocycles. The SMILES string of the molecule is COc1cc(/C=N/NS(=O)(=O)c2ccccc2)ccc1OCc1ccc(F)cc1Cl. The average Bonchev–Trinajstić information content (AvgIpc) is 2.74. The number of hydrogen-bond donors (Lipinski definition) is 1. The van der Waals surface area contributed by atoms with E-state index in [4.69, 9.17) is 21.1 Å². The van der Waals surface area contributed by atoms with E-state index in [0.717, 1.165) is 0 Å². The second-order valence-electron chi connectivity index (χ2n) is 6.10. The topological polar surface area (TPSA) is 77.0 Å². The van der Waals surface area contributed by atoms with Gasteiger partial charge in [-0.2, -0.15) is 13.5 Å². The highest BCUT2D eigenvalue weighted by atomic mass is 35.5. The molecule has 3 aromatic carbocycles. The fourth-order valence-electron chi connectivity index (χ4n) is 2.50. The number of benzene rings is 3. The zero-order chi connectivity index (χ0) is 21.6. The molecule has 1 N–H and O–H groups in total. The molecule has 9 heteroatoms. The lowest BCUT2D eigenvalue weighted by atomic mass is 10.2. The minimum Gasteiger partial charge on any atom is -0.493 e. The summed E-state index contributed by atoms with van der Waals surface area (Å²) in [6.07, 6.45) is 1.35. The summed E-state index contributed by atoms with van der Waals surface area (Å²) in [4.78, 5) is 2.27. The molecular weight excluding hydrogens is 431 g/mol. The van der Waals surface area contributed by atoms with Crippen LogP contribution in [0.2, 0.25) is 5.02 Å². The monoisotopic (exact) mass is 448 g/mol. The van der Waals surface area contributed by atoms with Gasteiger partial charge in [0.15, 0.2) is 11.5 Å². The maximum Gasteiger partial charge on any atom is 0.276 e. The van der Waals surface area contributed by atoms with Gasteiger partial charge in [-0.1, -0.05) is 35.9 Å². The van der Waals surface area contributed by atoms with Gasteiger partial charge in [-0.3, -0.25) is 0 Å². The Bertz CT molecular complexity index is 1150. The summed E-state index contributed by atoms with van der Waals surface area (Å²) in [6.45, 7) is 0.125. The van der Waals surface area contributed by atoms with Crippen LogP contribution in [-0.4, -0.2) is 21.7 Å². The number of halogens is 2. The zero-order valence-corrected chi connectivity index (χ0v) is 17.5. The summed E-state index contributed by atoms with van der Waals surface area (Å²) in [5.41, 5.74) is 1.22. The maximum atomic E-state index is 13.1. The van der Waals surface area contributed by atoms with Crippen LogP contribution in [0.25, 0.3) is 0 Å². The van der Waals surface area contributed by atoms with E-state index in [0.29, 0.717) is 22.6 Å². The number of nitrogens with one attached hydrogen (secondary N) is 1. The van der Waals surface area contributed by atoms with Crippen molar-refractivity contribution in [3.63, 3.8) is 0 Å². The van der Waals surface area contributed by atoms with E-state index in [1.165, 1.54) is 37.6 Å². The van der Waals surface area contributed by atoms with E-state index < -0.39 is 15.8 Å². The molecular formula is C21H18ClFN2O4S. The molecule has 3 aromatic rings. The smallest absolute Gasteiger partial charge is 0.276 e. The predicted molar refractivity (Wildman–Crippen MR) is 113 cm³/mol. The number of nitrogens with zero attached hydrogens (tertiary/aromatic N) is 1.